The van der Waals surface area contributed by atoms with E-state index in [2.05, 4.69) is 75.9 Å². The number of aromatic nitrogens is 2. The van der Waals surface area contributed by atoms with E-state index >= 15 is 0 Å². The first-order valence-electron chi connectivity index (χ1n) is 11.3. The summed E-state index contributed by atoms with van der Waals surface area (Å²) in [6.07, 6.45) is 0. The molecule has 0 aliphatic rings. The second-order valence-corrected chi connectivity index (χ2v) is 8.97. The maximum atomic E-state index is 6.26. The third-order valence-corrected chi connectivity index (χ3v) is 5.76. The lowest BCUT2D eigenvalue weighted by Crippen LogP contribution is -2.21. The first-order chi connectivity index (χ1) is 15.4. The molecule has 4 nitrogen and oxygen atoms in total. The monoisotopic (exact) mass is 425 g/mol. The maximum absolute atomic E-state index is 6.26. The quantitative estimate of drug-likeness (QED) is 0.326. The molecule has 0 N–H and O–H groups in total. The van der Waals surface area contributed by atoms with Crippen molar-refractivity contribution in [2.24, 2.45) is 0 Å². The van der Waals surface area contributed by atoms with Gasteiger partial charge in [0, 0.05) is 24.3 Å². The Morgan fingerprint density at radius 1 is 0.781 bits per heavy atom. The summed E-state index contributed by atoms with van der Waals surface area (Å²) in [4.78, 5) is 11.9. The van der Waals surface area contributed by atoms with E-state index in [0.29, 0.717) is 11.7 Å². The number of rotatable bonds is 6. The molecule has 4 aromatic rings. The molecule has 0 saturated heterocycles. The van der Waals surface area contributed by atoms with Crippen molar-refractivity contribution in [3.63, 3.8) is 0 Å². The van der Waals surface area contributed by atoms with Gasteiger partial charge in [-0.3, -0.25) is 0 Å². The number of nitrogens with zero attached hydrogens (tertiary/aromatic N) is 3. The van der Waals surface area contributed by atoms with Crippen LogP contribution in [0.4, 0.5) is 5.69 Å². The predicted molar refractivity (Wildman–Crippen MR) is 134 cm³/mol. The molecule has 32 heavy (non-hydrogen) atoms. The lowest BCUT2D eigenvalue weighted by atomic mass is 9.87. The van der Waals surface area contributed by atoms with Crippen LogP contribution in [0.5, 0.6) is 11.6 Å². The lowest BCUT2D eigenvalue weighted by molar-refractivity contribution is 0.468. The van der Waals surface area contributed by atoms with Crippen molar-refractivity contribution in [2.45, 2.75) is 40.0 Å². The fourth-order valence-corrected chi connectivity index (χ4v) is 3.80. The number of hydrogen-bond acceptors (Lipinski definition) is 4. The van der Waals surface area contributed by atoms with Crippen LogP contribution in [0.25, 0.3) is 22.3 Å². The van der Waals surface area contributed by atoms with Crippen LogP contribution in [0.2, 0.25) is 0 Å². The van der Waals surface area contributed by atoms with Crippen molar-refractivity contribution >= 4 is 16.6 Å². The average Bonchev–Trinajstić information content (AvgIpc) is 2.80. The second kappa shape index (κ2) is 8.99. The fraction of sp³-hybridized carbons (Fsp3) is 0.286. The van der Waals surface area contributed by atoms with E-state index < -0.39 is 0 Å². The molecule has 0 aliphatic heterocycles. The highest BCUT2D eigenvalue weighted by Gasteiger charge is 2.15. The van der Waals surface area contributed by atoms with Gasteiger partial charge in [0.2, 0.25) is 5.88 Å². The van der Waals surface area contributed by atoms with Crippen LogP contribution in [0.1, 0.15) is 40.2 Å². The Morgan fingerprint density at radius 2 is 1.44 bits per heavy atom. The number of para-hydroxylation sites is 1. The van der Waals surface area contributed by atoms with Crippen molar-refractivity contribution in [1.82, 2.24) is 9.97 Å². The molecular weight excluding hydrogens is 394 g/mol. The molecule has 4 rings (SSSR count). The second-order valence-electron chi connectivity index (χ2n) is 8.97. The van der Waals surface area contributed by atoms with Crippen LogP contribution in [0.15, 0.2) is 72.8 Å². The molecule has 0 saturated carbocycles. The number of hydrogen-bond donors (Lipinski definition) is 0. The Hall–Kier alpha value is -3.40. The maximum Gasteiger partial charge on any atom is 0.230 e. The smallest absolute Gasteiger partial charge is 0.230 e. The van der Waals surface area contributed by atoms with Crippen molar-refractivity contribution in [3.8, 4) is 23.0 Å². The third kappa shape index (κ3) is 4.59. The van der Waals surface area contributed by atoms with Crippen LogP contribution in [0.3, 0.4) is 0 Å². The summed E-state index contributed by atoms with van der Waals surface area (Å²) < 4.78 is 6.26. The van der Waals surface area contributed by atoms with Crippen LogP contribution in [-0.2, 0) is 5.41 Å². The van der Waals surface area contributed by atoms with Gasteiger partial charge in [-0.15, -0.1) is 0 Å². The van der Waals surface area contributed by atoms with Crippen molar-refractivity contribution in [2.75, 3.05) is 18.0 Å². The van der Waals surface area contributed by atoms with E-state index in [9.17, 15) is 0 Å². The highest BCUT2D eigenvalue weighted by molar-refractivity contribution is 5.85. The zero-order valence-corrected chi connectivity index (χ0v) is 19.6. The molecule has 0 unspecified atom stereocenters. The highest BCUT2D eigenvalue weighted by atomic mass is 16.5. The zero-order valence-electron chi connectivity index (χ0n) is 19.6. The molecular formula is C28H31N3O. The van der Waals surface area contributed by atoms with E-state index in [-0.39, 0.29) is 5.41 Å². The number of benzene rings is 3. The van der Waals surface area contributed by atoms with Gasteiger partial charge >= 0.3 is 0 Å². The van der Waals surface area contributed by atoms with Gasteiger partial charge in [0.05, 0.1) is 10.9 Å². The molecule has 0 atom stereocenters. The molecule has 3 aromatic carbocycles. The van der Waals surface area contributed by atoms with Crippen LogP contribution in [-0.4, -0.2) is 23.1 Å². The minimum absolute atomic E-state index is 0.102. The number of ether oxygens (including phenoxy) is 1. The molecule has 0 fully saturated rings. The molecule has 0 bridgehead atoms. The molecule has 4 heteroatoms. The standard InChI is InChI=1S/C28H31N3O/c1-6-31(7-2)22-16-12-20(13-17-22)26-29-25-11-9-8-10-24(25)27(30-26)32-23-18-14-21(15-19-23)28(3,4)5/h8-19H,6-7H2,1-5H3. The first-order valence-corrected chi connectivity index (χ1v) is 11.3. The average molecular weight is 426 g/mol. The predicted octanol–water partition coefficient (Wildman–Crippen LogP) is 7.23. The Balaban J connectivity index is 1.70. The van der Waals surface area contributed by atoms with Crippen LogP contribution < -0.4 is 9.64 Å². The van der Waals surface area contributed by atoms with Crippen molar-refractivity contribution < 1.29 is 4.74 Å². The van der Waals surface area contributed by atoms with Gasteiger partial charge in [-0.25, -0.2) is 4.98 Å². The summed E-state index contributed by atoms with van der Waals surface area (Å²) in [6.45, 7) is 12.9. The lowest BCUT2D eigenvalue weighted by Gasteiger charge is -2.21. The third-order valence-electron chi connectivity index (χ3n) is 5.76. The van der Waals surface area contributed by atoms with E-state index in [1.807, 2.05) is 36.4 Å². The normalized spacial score (nSPS) is 11.5. The summed E-state index contributed by atoms with van der Waals surface area (Å²) in [7, 11) is 0. The first kappa shape index (κ1) is 21.8. The Bertz CT molecular complexity index is 1190. The number of fused-ring (bicyclic) bond motifs is 1. The molecule has 0 spiro atoms. The zero-order chi connectivity index (χ0) is 22.7. The summed E-state index contributed by atoms with van der Waals surface area (Å²) in [6, 6.07) is 24.7. The van der Waals surface area contributed by atoms with Gasteiger partial charge in [-0.05, 0) is 73.4 Å². The van der Waals surface area contributed by atoms with E-state index in [1.165, 1.54) is 11.3 Å². The summed E-state index contributed by atoms with van der Waals surface area (Å²) in [5.41, 5.74) is 4.41. The summed E-state index contributed by atoms with van der Waals surface area (Å²) in [5, 5.41) is 0.899. The van der Waals surface area contributed by atoms with Crippen molar-refractivity contribution in [1.29, 1.82) is 0 Å². The van der Waals surface area contributed by atoms with E-state index in [4.69, 9.17) is 14.7 Å². The SMILES string of the molecule is CCN(CC)c1ccc(-c2nc(Oc3ccc(C(C)(C)C)cc3)c3ccccc3n2)cc1. The van der Waals surface area contributed by atoms with Crippen LogP contribution in [0, 0.1) is 0 Å². The van der Waals surface area contributed by atoms with Gasteiger partial charge in [0.1, 0.15) is 5.75 Å². The minimum Gasteiger partial charge on any atom is -0.438 e. The van der Waals surface area contributed by atoms with Crippen molar-refractivity contribution in [3.05, 3.63) is 78.4 Å². The number of anilines is 1. The topological polar surface area (TPSA) is 38.2 Å². The minimum atomic E-state index is 0.102. The van der Waals surface area contributed by atoms with Gasteiger partial charge in [-0.2, -0.15) is 4.98 Å². The molecule has 1 heterocycles. The Morgan fingerprint density at radius 3 is 2.06 bits per heavy atom. The van der Waals surface area contributed by atoms with Gasteiger partial charge in [0.25, 0.3) is 0 Å². The van der Waals surface area contributed by atoms with E-state index in [0.717, 1.165) is 35.3 Å². The van der Waals surface area contributed by atoms with Crippen LogP contribution >= 0.6 is 0 Å². The van der Waals surface area contributed by atoms with Gasteiger partial charge in [0.15, 0.2) is 5.82 Å². The molecule has 0 amide bonds. The summed E-state index contributed by atoms with van der Waals surface area (Å²) >= 11 is 0. The Kier molecular flexibility index (Phi) is 6.13. The highest BCUT2D eigenvalue weighted by Crippen LogP contribution is 2.32. The fourth-order valence-electron chi connectivity index (χ4n) is 3.80. The molecule has 164 valence electrons. The summed E-state index contributed by atoms with van der Waals surface area (Å²) in [5.74, 6) is 2.00. The van der Waals surface area contributed by atoms with Gasteiger partial charge < -0.3 is 9.64 Å². The molecule has 1 aromatic heterocycles. The van der Waals surface area contributed by atoms with Gasteiger partial charge in [-0.1, -0.05) is 45.0 Å². The van der Waals surface area contributed by atoms with E-state index in [1.54, 1.807) is 0 Å². The molecule has 0 aliphatic carbocycles. The largest absolute Gasteiger partial charge is 0.438 e. The Labute approximate surface area is 190 Å². The molecule has 0 radical (unpaired) electrons.